The highest BCUT2D eigenvalue weighted by molar-refractivity contribution is 5.89. The highest BCUT2D eigenvalue weighted by Gasteiger charge is 2.56. The van der Waals surface area contributed by atoms with Gasteiger partial charge in [0.25, 0.3) is 0 Å². The lowest BCUT2D eigenvalue weighted by Gasteiger charge is -2.36. The van der Waals surface area contributed by atoms with Crippen LogP contribution in [0.2, 0.25) is 0 Å². The molecule has 0 amide bonds. The summed E-state index contributed by atoms with van der Waals surface area (Å²) >= 11 is 0. The van der Waals surface area contributed by atoms with Gasteiger partial charge in [-0.1, -0.05) is 140 Å². The lowest BCUT2D eigenvalue weighted by molar-refractivity contribution is 0.327. The monoisotopic (exact) mass is 641 g/mol. The van der Waals surface area contributed by atoms with Crippen molar-refractivity contribution < 1.29 is 0 Å². The van der Waals surface area contributed by atoms with Crippen LogP contribution in [0.15, 0.2) is 176 Å². The maximum absolute atomic E-state index is 2.57. The molecule has 50 heavy (non-hydrogen) atoms. The molecule has 1 spiro atoms. The third kappa shape index (κ3) is 4.61. The summed E-state index contributed by atoms with van der Waals surface area (Å²) in [6.45, 7) is 0. The van der Waals surface area contributed by atoms with E-state index in [2.05, 4.69) is 181 Å². The summed E-state index contributed by atoms with van der Waals surface area (Å²) in [6, 6.07) is 64.9. The Labute approximate surface area is 295 Å². The lowest BCUT2D eigenvalue weighted by atomic mass is 9.66. The summed E-state index contributed by atoms with van der Waals surface area (Å²) in [7, 11) is 0. The molecular weight excluding hydrogens is 603 g/mol. The fourth-order valence-corrected chi connectivity index (χ4v) is 9.79. The predicted octanol–water partition coefficient (Wildman–Crippen LogP) is 13.2. The van der Waals surface area contributed by atoms with Gasteiger partial charge in [0.15, 0.2) is 0 Å². The topological polar surface area (TPSA) is 3.24 Å². The standard InChI is InChI=1S/C49H39N/c1-3-11-35(12-4-1)36-20-26-41(27-21-36)50(40-13-5-2-6-14-40)42-28-22-37(23-29-42)43-15-7-8-16-44(43)38-24-30-46-45-17-9-10-18-47(45)49(48(46)32-38)33-34-19-25-39(49)31-34/h1-18,20-24,26-30,32,34,39H,19,25,31,33H2. The van der Waals surface area contributed by atoms with E-state index in [1.54, 1.807) is 11.1 Å². The number of anilines is 3. The Morgan fingerprint density at radius 1 is 0.400 bits per heavy atom. The number of hydrogen-bond donors (Lipinski definition) is 0. The second-order valence-electron chi connectivity index (χ2n) is 14.5. The van der Waals surface area contributed by atoms with Gasteiger partial charge in [-0.2, -0.15) is 0 Å². The third-order valence-corrected chi connectivity index (χ3v) is 12.0. The maximum atomic E-state index is 2.57. The van der Waals surface area contributed by atoms with Gasteiger partial charge < -0.3 is 4.90 Å². The van der Waals surface area contributed by atoms with Gasteiger partial charge in [-0.3, -0.25) is 0 Å². The van der Waals surface area contributed by atoms with Gasteiger partial charge in [0.1, 0.15) is 0 Å². The van der Waals surface area contributed by atoms with Crippen LogP contribution in [0.1, 0.15) is 36.8 Å². The molecule has 0 aliphatic heterocycles. The fraction of sp³-hybridized carbons (Fsp3) is 0.143. The summed E-state index contributed by atoms with van der Waals surface area (Å²) in [4.78, 5) is 2.34. The Bertz CT molecular complexity index is 2320. The average molecular weight is 642 g/mol. The number of benzene rings is 7. The molecule has 7 aromatic rings. The zero-order valence-corrected chi connectivity index (χ0v) is 28.2. The molecule has 7 aromatic carbocycles. The minimum Gasteiger partial charge on any atom is -0.311 e. The number of para-hydroxylation sites is 1. The van der Waals surface area contributed by atoms with E-state index < -0.39 is 0 Å². The van der Waals surface area contributed by atoms with Gasteiger partial charge in [0.05, 0.1) is 0 Å². The van der Waals surface area contributed by atoms with Crippen molar-refractivity contribution in [2.75, 3.05) is 4.90 Å². The summed E-state index contributed by atoms with van der Waals surface area (Å²) in [5, 5.41) is 0. The van der Waals surface area contributed by atoms with Crippen molar-refractivity contribution in [2.24, 2.45) is 11.8 Å². The molecule has 240 valence electrons. The summed E-state index contributed by atoms with van der Waals surface area (Å²) in [5.41, 5.74) is 17.2. The zero-order valence-electron chi connectivity index (χ0n) is 28.2. The molecule has 3 aliphatic carbocycles. The van der Waals surface area contributed by atoms with Crippen molar-refractivity contribution in [3.63, 3.8) is 0 Å². The van der Waals surface area contributed by atoms with Crippen LogP contribution in [0.25, 0.3) is 44.5 Å². The van der Waals surface area contributed by atoms with E-state index in [1.165, 1.54) is 70.2 Å². The Morgan fingerprint density at radius 3 is 1.58 bits per heavy atom. The number of rotatable bonds is 6. The summed E-state index contributed by atoms with van der Waals surface area (Å²) < 4.78 is 0. The smallest absolute Gasteiger partial charge is 0.0462 e. The minimum atomic E-state index is 0.182. The molecule has 3 atom stereocenters. The van der Waals surface area contributed by atoms with Gasteiger partial charge >= 0.3 is 0 Å². The highest BCUT2D eigenvalue weighted by Crippen LogP contribution is 2.65. The molecule has 0 saturated heterocycles. The normalized spacial score (nSPS) is 19.8. The largest absolute Gasteiger partial charge is 0.311 e. The molecule has 0 radical (unpaired) electrons. The molecule has 10 rings (SSSR count). The minimum absolute atomic E-state index is 0.182. The second kappa shape index (κ2) is 11.7. The van der Waals surface area contributed by atoms with E-state index >= 15 is 0 Å². The third-order valence-electron chi connectivity index (χ3n) is 12.0. The summed E-state index contributed by atoms with van der Waals surface area (Å²) in [5.74, 6) is 1.63. The molecule has 0 aromatic heterocycles. The van der Waals surface area contributed by atoms with Gasteiger partial charge in [0, 0.05) is 22.5 Å². The maximum Gasteiger partial charge on any atom is 0.0462 e. The van der Waals surface area contributed by atoms with Crippen molar-refractivity contribution >= 4 is 17.1 Å². The van der Waals surface area contributed by atoms with Crippen LogP contribution in [0.4, 0.5) is 17.1 Å². The first-order valence-electron chi connectivity index (χ1n) is 18.2. The van der Waals surface area contributed by atoms with Crippen LogP contribution in [0, 0.1) is 11.8 Å². The molecule has 2 fully saturated rings. The molecule has 3 unspecified atom stereocenters. The molecule has 1 heteroatoms. The first kappa shape index (κ1) is 29.3. The van der Waals surface area contributed by atoms with Crippen LogP contribution in [-0.2, 0) is 5.41 Å². The molecule has 0 heterocycles. The number of nitrogens with zero attached hydrogens (tertiary/aromatic N) is 1. The molecule has 0 N–H and O–H groups in total. The van der Waals surface area contributed by atoms with E-state index in [0.717, 1.165) is 28.9 Å². The Hall–Kier alpha value is -5.66. The van der Waals surface area contributed by atoms with Gasteiger partial charge in [-0.05, 0) is 129 Å². The van der Waals surface area contributed by atoms with E-state index in [-0.39, 0.29) is 5.41 Å². The van der Waals surface area contributed by atoms with Gasteiger partial charge in [0.2, 0.25) is 0 Å². The molecule has 2 bridgehead atoms. The highest BCUT2D eigenvalue weighted by atomic mass is 15.1. The molecule has 3 aliphatic rings. The first-order valence-corrected chi connectivity index (χ1v) is 18.2. The average Bonchev–Trinajstić information content (AvgIpc) is 3.89. The first-order chi connectivity index (χ1) is 24.8. The van der Waals surface area contributed by atoms with E-state index in [0.29, 0.717) is 0 Å². The van der Waals surface area contributed by atoms with E-state index in [1.807, 2.05) is 0 Å². The zero-order chi connectivity index (χ0) is 33.1. The van der Waals surface area contributed by atoms with Gasteiger partial charge in [-0.15, -0.1) is 0 Å². The van der Waals surface area contributed by atoms with Crippen molar-refractivity contribution in [1.29, 1.82) is 0 Å². The molecule has 1 nitrogen and oxygen atoms in total. The predicted molar refractivity (Wildman–Crippen MR) is 209 cm³/mol. The van der Waals surface area contributed by atoms with Crippen LogP contribution in [0.3, 0.4) is 0 Å². The second-order valence-corrected chi connectivity index (χ2v) is 14.5. The SMILES string of the molecule is c1ccc(-c2ccc(N(c3ccccc3)c3ccc(-c4ccccc4-c4ccc5c(c4)C4(CC6CCC4C6)c4ccccc4-5)cc3)cc2)cc1. The molecule has 2 saturated carbocycles. The van der Waals surface area contributed by atoms with E-state index in [4.69, 9.17) is 0 Å². The van der Waals surface area contributed by atoms with Crippen molar-refractivity contribution in [3.8, 4) is 44.5 Å². The number of hydrogen-bond acceptors (Lipinski definition) is 1. The van der Waals surface area contributed by atoms with Crippen LogP contribution < -0.4 is 4.90 Å². The Balaban J connectivity index is 1.02. The Kier molecular flexibility index (Phi) is 6.88. The van der Waals surface area contributed by atoms with Crippen LogP contribution in [-0.4, -0.2) is 0 Å². The number of fused-ring (bicyclic) bond motifs is 8. The quantitative estimate of drug-likeness (QED) is 0.175. The van der Waals surface area contributed by atoms with Crippen molar-refractivity contribution in [3.05, 3.63) is 187 Å². The summed E-state index contributed by atoms with van der Waals surface area (Å²) in [6.07, 6.45) is 5.46. The lowest BCUT2D eigenvalue weighted by Crippen LogP contribution is -2.31. The van der Waals surface area contributed by atoms with Gasteiger partial charge in [-0.25, -0.2) is 0 Å². The van der Waals surface area contributed by atoms with E-state index in [9.17, 15) is 0 Å². The molecular formula is C49H39N. The van der Waals surface area contributed by atoms with Crippen molar-refractivity contribution in [1.82, 2.24) is 0 Å². The van der Waals surface area contributed by atoms with Crippen LogP contribution >= 0.6 is 0 Å². The Morgan fingerprint density at radius 2 is 0.920 bits per heavy atom. The van der Waals surface area contributed by atoms with Crippen LogP contribution in [0.5, 0.6) is 0 Å². The van der Waals surface area contributed by atoms with Crippen molar-refractivity contribution in [2.45, 2.75) is 31.1 Å². The fourth-order valence-electron chi connectivity index (χ4n) is 9.79.